The number of hydrogen-bond donors (Lipinski definition) is 1. The molecule has 0 aromatic heterocycles. The van der Waals surface area contributed by atoms with E-state index in [1.54, 1.807) is 0 Å². The molecule has 1 N–H and O–H groups in total. The van der Waals surface area contributed by atoms with Crippen molar-refractivity contribution in [3.8, 4) is 0 Å². The number of likely N-dealkylation sites (tertiary alicyclic amines) is 1. The minimum Gasteiger partial charge on any atom is -0.481 e. The summed E-state index contributed by atoms with van der Waals surface area (Å²) in [5.74, 6) is -0.226. The van der Waals surface area contributed by atoms with E-state index in [4.69, 9.17) is 9.84 Å². The van der Waals surface area contributed by atoms with Gasteiger partial charge in [0.1, 0.15) is 0 Å². The van der Waals surface area contributed by atoms with E-state index >= 15 is 0 Å². The van der Waals surface area contributed by atoms with Crippen molar-refractivity contribution in [1.29, 1.82) is 0 Å². The largest absolute Gasteiger partial charge is 0.481 e. The predicted molar refractivity (Wildman–Crippen MR) is 74.3 cm³/mol. The van der Waals surface area contributed by atoms with E-state index < -0.39 is 5.97 Å². The van der Waals surface area contributed by atoms with Crippen LogP contribution in [-0.4, -0.2) is 48.2 Å². The summed E-state index contributed by atoms with van der Waals surface area (Å²) >= 11 is 0. The second-order valence-electron chi connectivity index (χ2n) is 5.99. The molecule has 114 valence electrons. The van der Waals surface area contributed by atoms with Crippen molar-refractivity contribution in [2.75, 3.05) is 26.3 Å². The lowest BCUT2D eigenvalue weighted by atomic mass is 9.81. The number of aliphatic carboxylic acids is 1. The molecule has 0 aromatic carbocycles. The number of carbonyl (C=O) groups excluding carboxylic acids is 1. The molecule has 1 heterocycles. The van der Waals surface area contributed by atoms with Gasteiger partial charge in [0.15, 0.2) is 0 Å². The molecule has 5 heteroatoms. The molecule has 5 nitrogen and oxygen atoms in total. The highest BCUT2D eigenvalue weighted by molar-refractivity contribution is 5.79. The number of carboxylic acid groups (broad SMARTS) is 1. The van der Waals surface area contributed by atoms with E-state index in [1.165, 1.54) is 0 Å². The molecule has 0 radical (unpaired) electrons. The van der Waals surface area contributed by atoms with Crippen LogP contribution in [0, 0.1) is 17.8 Å². The summed E-state index contributed by atoms with van der Waals surface area (Å²) in [5.41, 5.74) is 0. The van der Waals surface area contributed by atoms with Gasteiger partial charge in [0.25, 0.3) is 0 Å². The SMILES string of the molecule is CCOCC1CCN(C(=O)C2CCC(C(=O)O)CC2)C1. The smallest absolute Gasteiger partial charge is 0.306 e. The van der Waals surface area contributed by atoms with Gasteiger partial charge in [-0.25, -0.2) is 0 Å². The van der Waals surface area contributed by atoms with Gasteiger partial charge < -0.3 is 14.7 Å². The third-order valence-electron chi connectivity index (χ3n) is 4.58. The summed E-state index contributed by atoms with van der Waals surface area (Å²) in [5, 5.41) is 8.98. The van der Waals surface area contributed by atoms with Gasteiger partial charge in [-0.1, -0.05) is 0 Å². The van der Waals surface area contributed by atoms with Gasteiger partial charge in [-0.2, -0.15) is 0 Å². The van der Waals surface area contributed by atoms with E-state index in [2.05, 4.69) is 0 Å². The minimum absolute atomic E-state index is 0.0384. The van der Waals surface area contributed by atoms with Crippen molar-refractivity contribution < 1.29 is 19.4 Å². The first-order valence-corrected chi connectivity index (χ1v) is 7.71. The van der Waals surface area contributed by atoms with Crippen LogP contribution in [-0.2, 0) is 14.3 Å². The van der Waals surface area contributed by atoms with Crippen molar-refractivity contribution in [3.63, 3.8) is 0 Å². The average Bonchev–Trinajstić information content (AvgIpc) is 2.93. The highest BCUT2D eigenvalue weighted by atomic mass is 16.5. The predicted octanol–water partition coefficient (Wildman–Crippen LogP) is 1.76. The fourth-order valence-corrected chi connectivity index (χ4v) is 3.30. The Morgan fingerprint density at radius 1 is 1.15 bits per heavy atom. The first-order valence-electron chi connectivity index (χ1n) is 7.71. The Morgan fingerprint density at radius 2 is 1.80 bits per heavy atom. The van der Waals surface area contributed by atoms with Gasteiger partial charge in [-0.15, -0.1) is 0 Å². The lowest BCUT2D eigenvalue weighted by Gasteiger charge is -2.28. The van der Waals surface area contributed by atoms with Gasteiger partial charge in [0, 0.05) is 31.5 Å². The topological polar surface area (TPSA) is 66.8 Å². The van der Waals surface area contributed by atoms with Crippen LogP contribution in [0.4, 0.5) is 0 Å². The van der Waals surface area contributed by atoms with Crippen LogP contribution < -0.4 is 0 Å². The zero-order valence-corrected chi connectivity index (χ0v) is 12.2. The Balaban J connectivity index is 1.77. The number of amides is 1. The van der Waals surface area contributed by atoms with Crippen molar-refractivity contribution in [1.82, 2.24) is 4.90 Å². The third kappa shape index (κ3) is 3.72. The molecular weight excluding hydrogens is 258 g/mol. The molecule has 0 aromatic rings. The molecule has 0 bridgehead atoms. The molecule has 1 saturated carbocycles. The van der Waals surface area contributed by atoms with Gasteiger partial charge in [-0.05, 0) is 39.0 Å². The first kappa shape index (κ1) is 15.3. The van der Waals surface area contributed by atoms with E-state index in [9.17, 15) is 9.59 Å². The molecule has 1 saturated heterocycles. The maximum absolute atomic E-state index is 12.4. The molecular formula is C15H25NO4. The van der Waals surface area contributed by atoms with Gasteiger partial charge in [0.2, 0.25) is 5.91 Å². The summed E-state index contributed by atoms with van der Waals surface area (Å²) in [6, 6.07) is 0. The zero-order valence-electron chi connectivity index (χ0n) is 12.2. The third-order valence-corrected chi connectivity index (χ3v) is 4.58. The highest BCUT2D eigenvalue weighted by Gasteiger charge is 2.34. The van der Waals surface area contributed by atoms with E-state index in [1.807, 2.05) is 11.8 Å². The summed E-state index contributed by atoms with van der Waals surface area (Å²) in [6.07, 6.45) is 3.75. The number of hydrogen-bond acceptors (Lipinski definition) is 3. The lowest BCUT2D eigenvalue weighted by molar-refractivity contribution is -0.145. The quantitative estimate of drug-likeness (QED) is 0.835. The van der Waals surface area contributed by atoms with Crippen LogP contribution in [0.1, 0.15) is 39.0 Å². The molecule has 0 spiro atoms. The summed E-state index contributed by atoms with van der Waals surface area (Å²) < 4.78 is 5.43. The molecule has 2 rings (SSSR count). The van der Waals surface area contributed by atoms with Crippen LogP contribution in [0.15, 0.2) is 0 Å². The van der Waals surface area contributed by atoms with Crippen molar-refractivity contribution in [2.45, 2.75) is 39.0 Å². The van der Waals surface area contributed by atoms with Gasteiger partial charge >= 0.3 is 5.97 Å². The maximum Gasteiger partial charge on any atom is 0.306 e. The van der Waals surface area contributed by atoms with Crippen molar-refractivity contribution >= 4 is 11.9 Å². The molecule has 1 unspecified atom stereocenters. The fraction of sp³-hybridized carbons (Fsp3) is 0.867. The Labute approximate surface area is 120 Å². The normalized spacial score (nSPS) is 30.4. The Hall–Kier alpha value is -1.10. The molecule has 1 atom stereocenters. The second-order valence-corrected chi connectivity index (χ2v) is 5.99. The van der Waals surface area contributed by atoms with E-state index in [-0.39, 0.29) is 17.7 Å². The van der Waals surface area contributed by atoms with Gasteiger partial charge in [0.05, 0.1) is 12.5 Å². The lowest BCUT2D eigenvalue weighted by Crippen LogP contribution is -2.37. The Kier molecular flexibility index (Phi) is 5.40. The van der Waals surface area contributed by atoms with Crippen LogP contribution in [0.2, 0.25) is 0 Å². The number of ether oxygens (including phenoxy) is 1. The molecule has 1 aliphatic carbocycles. The fourth-order valence-electron chi connectivity index (χ4n) is 3.30. The number of rotatable bonds is 5. The van der Waals surface area contributed by atoms with Crippen molar-refractivity contribution in [3.05, 3.63) is 0 Å². The molecule has 2 fully saturated rings. The zero-order chi connectivity index (χ0) is 14.5. The standard InChI is InChI=1S/C15H25NO4/c1-2-20-10-11-7-8-16(9-11)14(17)12-3-5-13(6-4-12)15(18)19/h11-13H,2-10H2,1H3,(H,18,19). The monoisotopic (exact) mass is 283 g/mol. The summed E-state index contributed by atoms with van der Waals surface area (Å²) in [6.45, 7) is 5.08. The first-order chi connectivity index (χ1) is 9.61. The molecule has 1 aliphatic heterocycles. The summed E-state index contributed by atoms with van der Waals surface area (Å²) in [4.78, 5) is 25.3. The maximum atomic E-state index is 12.4. The average molecular weight is 283 g/mol. The van der Waals surface area contributed by atoms with Crippen LogP contribution >= 0.6 is 0 Å². The minimum atomic E-state index is -0.714. The number of carboxylic acids is 1. The van der Waals surface area contributed by atoms with Crippen molar-refractivity contribution in [2.24, 2.45) is 17.8 Å². The van der Waals surface area contributed by atoms with E-state index in [0.717, 1.165) is 45.6 Å². The Bertz CT molecular complexity index is 350. The van der Waals surface area contributed by atoms with E-state index in [0.29, 0.717) is 18.8 Å². The molecule has 2 aliphatic rings. The number of nitrogens with zero attached hydrogens (tertiary/aromatic N) is 1. The van der Waals surface area contributed by atoms with Crippen LogP contribution in [0.3, 0.4) is 0 Å². The van der Waals surface area contributed by atoms with Gasteiger partial charge in [-0.3, -0.25) is 9.59 Å². The van der Waals surface area contributed by atoms with Crippen LogP contribution in [0.5, 0.6) is 0 Å². The molecule has 20 heavy (non-hydrogen) atoms. The molecule has 1 amide bonds. The Morgan fingerprint density at radius 3 is 2.40 bits per heavy atom. The number of carbonyl (C=O) groups is 2. The second kappa shape index (κ2) is 7.07. The highest BCUT2D eigenvalue weighted by Crippen LogP contribution is 2.31. The van der Waals surface area contributed by atoms with Crippen LogP contribution in [0.25, 0.3) is 0 Å². The summed E-state index contributed by atoms with van der Waals surface area (Å²) in [7, 11) is 0.